The average molecular weight is 294 g/mol. The van der Waals surface area contributed by atoms with Gasteiger partial charge in [-0.25, -0.2) is 9.78 Å². The zero-order valence-electron chi connectivity index (χ0n) is 9.70. The Labute approximate surface area is 117 Å². The number of carbonyl (C=O) groups is 2. The maximum Gasteiger partial charge on any atom is 0.328 e. The van der Waals surface area contributed by atoms with E-state index in [2.05, 4.69) is 10.3 Å². The van der Waals surface area contributed by atoms with Gasteiger partial charge < -0.3 is 10.4 Å². The van der Waals surface area contributed by atoms with Gasteiger partial charge in [-0.15, -0.1) is 22.7 Å². The highest BCUT2D eigenvalue weighted by atomic mass is 32.1. The van der Waals surface area contributed by atoms with Crippen molar-refractivity contribution < 1.29 is 14.7 Å². The van der Waals surface area contributed by atoms with Crippen molar-refractivity contribution in [3.8, 4) is 0 Å². The first kappa shape index (κ1) is 13.4. The highest BCUT2D eigenvalue weighted by molar-refractivity contribution is 7.12. The van der Waals surface area contributed by atoms with Crippen LogP contribution in [0.15, 0.2) is 28.4 Å². The molecule has 0 aliphatic heterocycles. The zero-order chi connectivity index (χ0) is 13.7. The van der Waals surface area contributed by atoms with Gasteiger partial charge in [-0.2, -0.15) is 0 Å². The van der Waals surface area contributed by atoms with Crippen LogP contribution in [0.2, 0.25) is 0 Å². The van der Waals surface area contributed by atoms with Gasteiger partial charge in [-0.1, -0.05) is 0 Å². The van der Waals surface area contributed by atoms with Gasteiger partial charge in [0.2, 0.25) is 0 Å². The lowest BCUT2D eigenvalue weighted by atomic mass is 10.2. The second-order valence-corrected chi connectivity index (χ2v) is 5.17. The molecule has 0 aromatic carbocycles. The largest absolute Gasteiger partial charge is 0.478 e. The fourth-order valence-corrected chi connectivity index (χ4v) is 2.73. The first-order chi connectivity index (χ1) is 9.16. The molecule has 0 saturated heterocycles. The van der Waals surface area contributed by atoms with Crippen molar-refractivity contribution in [1.82, 2.24) is 10.3 Å². The molecule has 19 heavy (non-hydrogen) atoms. The third kappa shape index (κ3) is 3.73. The minimum Gasteiger partial charge on any atom is -0.478 e. The molecule has 1 amide bonds. The Balaban J connectivity index is 2.03. The summed E-state index contributed by atoms with van der Waals surface area (Å²) in [6.45, 7) is 0.363. The van der Waals surface area contributed by atoms with Crippen LogP contribution < -0.4 is 5.32 Å². The summed E-state index contributed by atoms with van der Waals surface area (Å²) in [6.07, 6.45) is 2.43. The summed E-state index contributed by atoms with van der Waals surface area (Å²) in [5.41, 5.74) is 3.11. The predicted molar refractivity (Wildman–Crippen MR) is 74.3 cm³/mol. The normalized spacial score (nSPS) is 10.7. The number of amides is 1. The van der Waals surface area contributed by atoms with Crippen molar-refractivity contribution in [1.29, 1.82) is 0 Å². The molecule has 0 radical (unpaired) electrons. The third-order valence-electron chi connectivity index (χ3n) is 2.22. The van der Waals surface area contributed by atoms with E-state index in [1.165, 1.54) is 28.7 Å². The molecule has 0 aliphatic rings. The summed E-state index contributed by atoms with van der Waals surface area (Å²) in [6, 6.07) is 1.71. The number of aromatic nitrogens is 1. The van der Waals surface area contributed by atoms with E-state index in [0.717, 1.165) is 11.8 Å². The van der Waals surface area contributed by atoms with Crippen LogP contribution >= 0.6 is 22.7 Å². The maximum absolute atomic E-state index is 12.0. The lowest BCUT2D eigenvalue weighted by Gasteiger charge is -2.02. The summed E-state index contributed by atoms with van der Waals surface area (Å²) < 4.78 is 0. The minimum atomic E-state index is -1.04. The quantitative estimate of drug-likeness (QED) is 0.829. The van der Waals surface area contributed by atoms with Gasteiger partial charge >= 0.3 is 5.97 Å². The van der Waals surface area contributed by atoms with E-state index in [1.54, 1.807) is 17.0 Å². The number of thiophene rings is 1. The average Bonchev–Trinajstić information content (AvgIpc) is 3.04. The van der Waals surface area contributed by atoms with Crippen molar-refractivity contribution in [3.63, 3.8) is 0 Å². The van der Waals surface area contributed by atoms with Crippen molar-refractivity contribution in [2.45, 2.75) is 6.54 Å². The smallest absolute Gasteiger partial charge is 0.328 e. The van der Waals surface area contributed by atoms with Gasteiger partial charge in [0.25, 0.3) is 5.91 Å². The Kier molecular flexibility index (Phi) is 4.43. The molecule has 2 rings (SSSR count). The fraction of sp³-hybridized carbons (Fsp3) is 0.0833. The van der Waals surface area contributed by atoms with Gasteiger partial charge in [0.05, 0.1) is 22.6 Å². The van der Waals surface area contributed by atoms with E-state index >= 15 is 0 Å². The number of carboxylic acids is 1. The first-order valence-electron chi connectivity index (χ1n) is 5.30. The number of rotatable bonds is 5. The molecule has 7 heteroatoms. The Hall–Kier alpha value is -1.99. The molecule has 2 heterocycles. The zero-order valence-corrected chi connectivity index (χ0v) is 11.3. The molecule has 2 aromatic rings. The van der Waals surface area contributed by atoms with E-state index in [-0.39, 0.29) is 5.91 Å². The van der Waals surface area contributed by atoms with Gasteiger partial charge in [-0.3, -0.25) is 4.79 Å². The molecule has 5 nitrogen and oxygen atoms in total. The molecule has 2 aromatic heterocycles. The van der Waals surface area contributed by atoms with Crippen LogP contribution in [0, 0.1) is 0 Å². The molecule has 0 unspecified atom stereocenters. The molecular weight excluding hydrogens is 284 g/mol. The van der Waals surface area contributed by atoms with Crippen LogP contribution in [0.3, 0.4) is 0 Å². The predicted octanol–water partition coefficient (Wildman–Crippen LogP) is 2.23. The molecule has 2 N–H and O–H groups in total. The van der Waals surface area contributed by atoms with Crippen LogP contribution in [0.25, 0.3) is 6.08 Å². The summed E-state index contributed by atoms with van der Waals surface area (Å²) in [5, 5.41) is 14.9. The summed E-state index contributed by atoms with van der Waals surface area (Å²) in [4.78, 5) is 27.0. The molecule has 0 aliphatic carbocycles. The van der Waals surface area contributed by atoms with E-state index in [9.17, 15) is 9.59 Å². The van der Waals surface area contributed by atoms with Gasteiger partial charge in [0.15, 0.2) is 0 Å². The molecule has 0 atom stereocenters. The highest BCUT2D eigenvalue weighted by Crippen LogP contribution is 2.18. The number of thiazole rings is 1. The molecule has 98 valence electrons. The van der Waals surface area contributed by atoms with E-state index in [1.807, 2.05) is 5.38 Å². The molecule has 0 saturated carbocycles. The van der Waals surface area contributed by atoms with Crippen LogP contribution in [-0.4, -0.2) is 22.0 Å². The Bertz CT molecular complexity index is 602. The number of hydrogen-bond acceptors (Lipinski definition) is 5. The van der Waals surface area contributed by atoms with Crippen molar-refractivity contribution in [2.24, 2.45) is 0 Å². The van der Waals surface area contributed by atoms with Crippen LogP contribution in [0.1, 0.15) is 20.9 Å². The molecule has 0 fully saturated rings. The lowest BCUT2D eigenvalue weighted by Crippen LogP contribution is -2.22. The number of carboxylic acid groups (broad SMARTS) is 1. The number of aliphatic carboxylic acids is 1. The molecule has 0 bridgehead atoms. The fourth-order valence-electron chi connectivity index (χ4n) is 1.37. The molecular formula is C12H10N2O3S2. The Morgan fingerprint density at radius 1 is 1.47 bits per heavy atom. The van der Waals surface area contributed by atoms with Crippen molar-refractivity contribution in [2.75, 3.05) is 0 Å². The first-order valence-corrected chi connectivity index (χ1v) is 7.13. The van der Waals surface area contributed by atoms with Gasteiger partial charge in [0.1, 0.15) is 0 Å². The van der Waals surface area contributed by atoms with E-state index in [0.29, 0.717) is 17.0 Å². The maximum atomic E-state index is 12.0. The standard InChI is InChI=1S/C12H10N2O3S2/c15-10(16)2-1-8-3-4-19-11(8)12(17)13-5-9-6-18-7-14-9/h1-4,6-7H,5H2,(H,13,17)(H,15,16). The number of nitrogens with zero attached hydrogens (tertiary/aromatic N) is 1. The Morgan fingerprint density at radius 2 is 2.32 bits per heavy atom. The SMILES string of the molecule is O=C(O)C=Cc1ccsc1C(=O)NCc1cscn1. The lowest BCUT2D eigenvalue weighted by molar-refractivity contribution is -0.131. The minimum absolute atomic E-state index is 0.229. The van der Waals surface area contributed by atoms with Crippen LogP contribution in [-0.2, 0) is 11.3 Å². The number of carbonyl (C=O) groups excluding carboxylic acids is 1. The van der Waals surface area contributed by atoms with Crippen molar-refractivity contribution in [3.05, 3.63) is 44.5 Å². The van der Waals surface area contributed by atoms with E-state index in [4.69, 9.17) is 5.11 Å². The summed E-state index contributed by atoms with van der Waals surface area (Å²) in [7, 11) is 0. The van der Waals surface area contributed by atoms with Crippen LogP contribution in [0.4, 0.5) is 0 Å². The highest BCUT2D eigenvalue weighted by Gasteiger charge is 2.11. The second-order valence-electron chi connectivity index (χ2n) is 3.54. The Morgan fingerprint density at radius 3 is 3.00 bits per heavy atom. The topological polar surface area (TPSA) is 79.3 Å². The summed E-state index contributed by atoms with van der Waals surface area (Å²) >= 11 is 2.74. The van der Waals surface area contributed by atoms with Gasteiger partial charge in [0, 0.05) is 11.5 Å². The number of nitrogens with one attached hydrogen (secondary N) is 1. The van der Waals surface area contributed by atoms with Crippen LogP contribution in [0.5, 0.6) is 0 Å². The number of hydrogen-bond donors (Lipinski definition) is 2. The summed E-state index contributed by atoms with van der Waals surface area (Å²) in [5.74, 6) is -1.27. The van der Waals surface area contributed by atoms with E-state index < -0.39 is 5.97 Å². The van der Waals surface area contributed by atoms with Gasteiger partial charge in [-0.05, 0) is 23.1 Å². The second kappa shape index (κ2) is 6.26. The third-order valence-corrected chi connectivity index (χ3v) is 3.79. The van der Waals surface area contributed by atoms with Crippen molar-refractivity contribution >= 4 is 40.6 Å². The monoisotopic (exact) mass is 294 g/mol. The molecule has 0 spiro atoms.